The molecule has 6 nitrogen and oxygen atoms in total. The molecule has 1 aromatic rings. The van der Waals surface area contributed by atoms with E-state index in [1.165, 1.54) is 0 Å². The Kier molecular flexibility index (Phi) is 6.19. The number of esters is 1. The Morgan fingerprint density at radius 1 is 1.41 bits per heavy atom. The van der Waals surface area contributed by atoms with Crippen LogP contribution in [0.2, 0.25) is 0 Å². The lowest BCUT2D eigenvalue weighted by Gasteiger charge is -2.16. The molecular formula is C11H18N4O2. The van der Waals surface area contributed by atoms with Gasteiger partial charge in [-0.15, -0.1) is 0 Å². The summed E-state index contributed by atoms with van der Waals surface area (Å²) in [7, 11) is 0. The molecule has 17 heavy (non-hydrogen) atoms. The molecule has 0 amide bonds. The molecule has 0 heterocycles. The molecule has 0 bridgehead atoms. The maximum Gasteiger partial charge on any atom is 0.340 e. The highest BCUT2D eigenvalue weighted by Gasteiger charge is 2.16. The number of benzene rings is 1. The Morgan fingerprint density at radius 3 is 2.71 bits per heavy atom. The van der Waals surface area contributed by atoms with Crippen LogP contribution < -0.4 is 22.1 Å². The van der Waals surface area contributed by atoms with E-state index in [9.17, 15) is 4.79 Å². The molecule has 6 heteroatoms. The van der Waals surface area contributed by atoms with E-state index in [4.69, 9.17) is 10.6 Å². The van der Waals surface area contributed by atoms with E-state index in [-0.39, 0.29) is 0 Å². The predicted molar refractivity (Wildman–Crippen MR) is 64.2 cm³/mol. The number of hydrogen-bond acceptors (Lipinski definition) is 6. The summed E-state index contributed by atoms with van der Waals surface area (Å²) in [6.07, 6.45) is -0.765. The van der Waals surface area contributed by atoms with Gasteiger partial charge in [0.1, 0.15) is 0 Å². The second-order valence-electron chi connectivity index (χ2n) is 3.34. The van der Waals surface area contributed by atoms with Crippen LogP contribution in [0.4, 0.5) is 0 Å². The van der Waals surface area contributed by atoms with Gasteiger partial charge in [0.25, 0.3) is 0 Å². The van der Waals surface area contributed by atoms with Crippen molar-refractivity contribution >= 4 is 5.97 Å². The minimum atomic E-state index is -0.765. The van der Waals surface area contributed by atoms with Gasteiger partial charge in [-0.3, -0.25) is 11.3 Å². The summed E-state index contributed by atoms with van der Waals surface area (Å²) in [5, 5.41) is 0. The van der Waals surface area contributed by atoms with Crippen LogP contribution in [-0.4, -0.2) is 18.7 Å². The first-order valence-electron chi connectivity index (χ1n) is 5.43. The molecule has 5 N–H and O–H groups in total. The van der Waals surface area contributed by atoms with Crippen LogP contribution in [0.3, 0.4) is 0 Å². The number of nitrogens with two attached hydrogens (primary N) is 1. The minimum absolute atomic E-state index is 0.317. The largest absolute Gasteiger partial charge is 0.464 e. The van der Waals surface area contributed by atoms with Crippen molar-refractivity contribution in [3.05, 3.63) is 35.9 Å². The Morgan fingerprint density at radius 2 is 2.12 bits per heavy atom. The van der Waals surface area contributed by atoms with E-state index in [1.807, 2.05) is 30.3 Å². The second-order valence-corrected chi connectivity index (χ2v) is 3.34. The first-order valence-corrected chi connectivity index (χ1v) is 5.43. The standard InChI is InChI=1S/C11H18N4O2/c1-2-17-11(16)10(14-12)15-13-8-9-6-4-3-5-7-9/h3-7,10,13-15H,2,8,12H2,1H3. The van der Waals surface area contributed by atoms with Crippen molar-refractivity contribution in [2.24, 2.45) is 5.84 Å². The smallest absolute Gasteiger partial charge is 0.340 e. The fourth-order valence-electron chi connectivity index (χ4n) is 1.25. The Hall–Kier alpha value is -1.47. The molecular weight excluding hydrogens is 220 g/mol. The summed E-state index contributed by atoms with van der Waals surface area (Å²) < 4.78 is 4.81. The number of hydrogen-bond donors (Lipinski definition) is 4. The van der Waals surface area contributed by atoms with Crippen LogP contribution in [0.1, 0.15) is 12.5 Å². The normalized spacial score (nSPS) is 12.1. The van der Waals surface area contributed by atoms with E-state index in [0.717, 1.165) is 5.56 Å². The van der Waals surface area contributed by atoms with Gasteiger partial charge in [-0.2, -0.15) is 0 Å². The van der Waals surface area contributed by atoms with E-state index >= 15 is 0 Å². The number of hydrazine groups is 2. The van der Waals surface area contributed by atoms with Crippen molar-refractivity contribution in [2.45, 2.75) is 19.6 Å². The van der Waals surface area contributed by atoms with Crippen LogP contribution in [0.5, 0.6) is 0 Å². The molecule has 1 aromatic carbocycles. The SMILES string of the molecule is CCOC(=O)C(NN)NNCc1ccccc1. The van der Waals surface area contributed by atoms with Crippen LogP contribution in [-0.2, 0) is 16.1 Å². The lowest BCUT2D eigenvalue weighted by molar-refractivity contribution is -0.147. The Bertz CT molecular complexity index is 332. The predicted octanol–water partition coefficient (Wildman–Crippen LogP) is -0.367. The van der Waals surface area contributed by atoms with Gasteiger partial charge in [0.2, 0.25) is 0 Å². The lowest BCUT2D eigenvalue weighted by atomic mass is 10.2. The van der Waals surface area contributed by atoms with Crippen molar-refractivity contribution in [2.75, 3.05) is 6.61 Å². The Balaban J connectivity index is 2.31. The summed E-state index contributed by atoms with van der Waals surface area (Å²) in [5.41, 5.74) is 9.06. The van der Waals surface area contributed by atoms with Crippen LogP contribution >= 0.6 is 0 Å². The van der Waals surface area contributed by atoms with E-state index in [0.29, 0.717) is 13.2 Å². The summed E-state index contributed by atoms with van der Waals surface area (Å²) in [5.74, 6) is 4.78. The van der Waals surface area contributed by atoms with E-state index < -0.39 is 12.1 Å². The summed E-state index contributed by atoms with van der Waals surface area (Å²) in [6.45, 7) is 2.64. The second kappa shape index (κ2) is 7.75. The third kappa shape index (κ3) is 4.92. The molecule has 0 aliphatic heterocycles. The van der Waals surface area contributed by atoms with Gasteiger partial charge in [-0.05, 0) is 12.5 Å². The van der Waals surface area contributed by atoms with Crippen molar-refractivity contribution in [3.63, 3.8) is 0 Å². The van der Waals surface area contributed by atoms with Crippen LogP contribution in [0.15, 0.2) is 30.3 Å². The van der Waals surface area contributed by atoms with Gasteiger partial charge in [-0.25, -0.2) is 15.6 Å². The van der Waals surface area contributed by atoms with Crippen molar-refractivity contribution in [1.82, 2.24) is 16.3 Å². The Labute approximate surface area is 100 Å². The average molecular weight is 238 g/mol. The highest BCUT2D eigenvalue weighted by molar-refractivity contribution is 5.75. The van der Waals surface area contributed by atoms with E-state index in [1.54, 1.807) is 6.92 Å². The van der Waals surface area contributed by atoms with Gasteiger partial charge in [0.05, 0.1) is 6.61 Å². The molecule has 0 radical (unpaired) electrons. The molecule has 94 valence electrons. The van der Waals surface area contributed by atoms with Gasteiger partial charge in [0, 0.05) is 6.54 Å². The summed E-state index contributed by atoms with van der Waals surface area (Å²) >= 11 is 0. The first-order chi connectivity index (χ1) is 8.27. The molecule has 0 saturated heterocycles. The van der Waals surface area contributed by atoms with Crippen LogP contribution in [0, 0.1) is 0 Å². The molecule has 0 saturated carbocycles. The fraction of sp³-hybridized carbons (Fsp3) is 0.364. The average Bonchev–Trinajstić information content (AvgIpc) is 2.36. The number of carbonyl (C=O) groups is 1. The van der Waals surface area contributed by atoms with Gasteiger partial charge < -0.3 is 4.74 Å². The first kappa shape index (κ1) is 13.6. The van der Waals surface area contributed by atoms with Crippen molar-refractivity contribution in [1.29, 1.82) is 0 Å². The van der Waals surface area contributed by atoms with Gasteiger partial charge >= 0.3 is 5.97 Å². The van der Waals surface area contributed by atoms with E-state index in [2.05, 4.69) is 16.3 Å². The van der Waals surface area contributed by atoms with Crippen molar-refractivity contribution < 1.29 is 9.53 Å². The highest BCUT2D eigenvalue weighted by Crippen LogP contribution is 1.96. The maximum absolute atomic E-state index is 11.3. The molecule has 0 aliphatic rings. The third-order valence-corrected chi connectivity index (χ3v) is 2.07. The number of rotatable bonds is 7. The molecule has 0 aromatic heterocycles. The fourth-order valence-corrected chi connectivity index (χ4v) is 1.25. The van der Waals surface area contributed by atoms with Gasteiger partial charge in [-0.1, -0.05) is 30.3 Å². The quantitative estimate of drug-likeness (QED) is 0.224. The van der Waals surface area contributed by atoms with Crippen molar-refractivity contribution in [3.8, 4) is 0 Å². The summed E-state index contributed by atoms with van der Waals surface area (Å²) in [4.78, 5) is 11.3. The highest BCUT2D eigenvalue weighted by atomic mass is 16.5. The minimum Gasteiger partial charge on any atom is -0.464 e. The topological polar surface area (TPSA) is 88.4 Å². The number of carbonyl (C=O) groups excluding carboxylic acids is 1. The zero-order valence-corrected chi connectivity index (χ0v) is 9.77. The molecule has 0 aliphatic carbocycles. The molecule has 0 spiro atoms. The molecule has 0 fully saturated rings. The zero-order chi connectivity index (χ0) is 12.5. The number of ether oxygens (including phenoxy) is 1. The third-order valence-electron chi connectivity index (χ3n) is 2.07. The van der Waals surface area contributed by atoms with Crippen LogP contribution in [0.25, 0.3) is 0 Å². The monoisotopic (exact) mass is 238 g/mol. The maximum atomic E-state index is 11.3. The van der Waals surface area contributed by atoms with Gasteiger partial charge in [0.15, 0.2) is 6.17 Å². The molecule has 1 unspecified atom stereocenters. The molecule has 1 atom stereocenters. The zero-order valence-electron chi connectivity index (χ0n) is 9.77. The summed E-state index contributed by atoms with van der Waals surface area (Å²) in [6, 6.07) is 9.79. The lowest BCUT2D eigenvalue weighted by Crippen LogP contribution is -2.56. The number of nitrogens with one attached hydrogen (secondary N) is 3. The molecule has 1 rings (SSSR count).